The van der Waals surface area contributed by atoms with Crippen molar-refractivity contribution in [3.05, 3.63) is 41.9 Å². The standard InChI is InChI=1S/C23H28F2N4O3/c1-28(2)23(31)17-13-29(15-5-3-4-6-15)10-9-19(17)27-21(30)22-26-12-20(32-22)16-8-7-14(24)11-18(16)25/h7-8,11-12,15,17,19H,3-6,9-10,13H2,1-2H3,(H,27,30)/t17-,19-/m1/s1. The van der Waals surface area contributed by atoms with Crippen molar-refractivity contribution in [3.63, 3.8) is 0 Å². The van der Waals surface area contributed by atoms with Crippen LogP contribution in [0.3, 0.4) is 0 Å². The normalized spacial score (nSPS) is 22.1. The molecule has 0 spiro atoms. The van der Waals surface area contributed by atoms with Crippen molar-refractivity contribution in [2.24, 2.45) is 5.92 Å². The van der Waals surface area contributed by atoms with E-state index in [4.69, 9.17) is 4.42 Å². The number of benzene rings is 1. The summed E-state index contributed by atoms with van der Waals surface area (Å²) in [5.41, 5.74) is 0.0171. The van der Waals surface area contributed by atoms with E-state index in [-0.39, 0.29) is 35.1 Å². The number of nitrogens with one attached hydrogen (secondary N) is 1. The van der Waals surface area contributed by atoms with Crippen molar-refractivity contribution in [1.82, 2.24) is 20.1 Å². The zero-order valence-corrected chi connectivity index (χ0v) is 18.3. The highest BCUT2D eigenvalue weighted by molar-refractivity contribution is 5.91. The first-order valence-corrected chi connectivity index (χ1v) is 11.0. The Kier molecular flexibility index (Phi) is 6.55. The van der Waals surface area contributed by atoms with E-state index in [1.807, 2.05) is 0 Å². The highest BCUT2D eigenvalue weighted by Gasteiger charge is 2.39. The van der Waals surface area contributed by atoms with Gasteiger partial charge < -0.3 is 14.6 Å². The van der Waals surface area contributed by atoms with Gasteiger partial charge in [-0.15, -0.1) is 0 Å². The number of amides is 2. The Morgan fingerprint density at radius 2 is 1.94 bits per heavy atom. The van der Waals surface area contributed by atoms with Crippen LogP contribution in [0.15, 0.2) is 28.8 Å². The summed E-state index contributed by atoms with van der Waals surface area (Å²) in [7, 11) is 3.43. The molecule has 9 heteroatoms. The Labute approximate surface area is 185 Å². The van der Waals surface area contributed by atoms with Gasteiger partial charge in [0.05, 0.1) is 17.7 Å². The number of piperidine rings is 1. The van der Waals surface area contributed by atoms with Gasteiger partial charge in [0.15, 0.2) is 5.76 Å². The van der Waals surface area contributed by atoms with Crippen LogP contribution in [0, 0.1) is 17.6 Å². The molecule has 1 aliphatic heterocycles. The second-order valence-electron chi connectivity index (χ2n) is 8.79. The minimum atomic E-state index is -0.802. The van der Waals surface area contributed by atoms with Crippen molar-refractivity contribution in [1.29, 1.82) is 0 Å². The minimum absolute atomic E-state index is 0.0171. The number of aromatic nitrogens is 1. The van der Waals surface area contributed by atoms with Gasteiger partial charge in [-0.1, -0.05) is 12.8 Å². The fraction of sp³-hybridized carbons (Fsp3) is 0.522. The van der Waals surface area contributed by atoms with Crippen LogP contribution in [-0.4, -0.2) is 65.9 Å². The van der Waals surface area contributed by atoms with E-state index in [0.717, 1.165) is 31.5 Å². The van der Waals surface area contributed by atoms with Crippen LogP contribution in [-0.2, 0) is 4.79 Å². The van der Waals surface area contributed by atoms with E-state index < -0.39 is 17.5 Å². The Morgan fingerprint density at radius 3 is 2.62 bits per heavy atom. The molecule has 4 rings (SSSR count). The predicted molar refractivity (Wildman–Crippen MR) is 114 cm³/mol. The number of oxazole rings is 1. The van der Waals surface area contributed by atoms with Gasteiger partial charge in [0.1, 0.15) is 11.6 Å². The number of halogens is 2. The smallest absolute Gasteiger partial charge is 0.307 e. The molecule has 1 saturated carbocycles. The lowest BCUT2D eigenvalue weighted by Gasteiger charge is -2.41. The largest absolute Gasteiger partial charge is 0.432 e. The van der Waals surface area contributed by atoms with E-state index in [0.29, 0.717) is 19.0 Å². The van der Waals surface area contributed by atoms with Crippen LogP contribution >= 0.6 is 0 Å². The average molecular weight is 446 g/mol. The molecule has 1 saturated heterocycles. The molecule has 2 aliphatic rings. The van der Waals surface area contributed by atoms with E-state index in [9.17, 15) is 18.4 Å². The van der Waals surface area contributed by atoms with Gasteiger partial charge in [-0.3, -0.25) is 14.5 Å². The maximum Gasteiger partial charge on any atom is 0.307 e. The molecular weight excluding hydrogens is 418 g/mol. The molecule has 1 aromatic heterocycles. The lowest BCUT2D eigenvalue weighted by molar-refractivity contribution is -0.136. The predicted octanol–water partition coefficient (Wildman–Crippen LogP) is 3.07. The summed E-state index contributed by atoms with van der Waals surface area (Å²) >= 11 is 0. The molecule has 0 radical (unpaired) electrons. The first-order chi connectivity index (χ1) is 15.3. The van der Waals surface area contributed by atoms with Gasteiger partial charge >= 0.3 is 5.91 Å². The van der Waals surface area contributed by atoms with Crippen molar-refractivity contribution in [2.75, 3.05) is 27.2 Å². The zero-order valence-electron chi connectivity index (χ0n) is 18.3. The second-order valence-corrected chi connectivity index (χ2v) is 8.79. The van der Waals surface area contributed by atoms with Crippen LogP contribution in [0.4, 0.5) is 8.78 Å². The highest BCUT2D eigenvalue weighted by Crippen LogP contribution is 2.29. The zero-order chi connectivity index (χ0) is 22.8. The van der Waals surface area contributed by atoms with Gasteiger partial charge in [0, 0.05) is 45.3 Å². The molecule has 2 amide bonds. The molecule has 2 fully saturated rings. The van der Waals surface area contributed by atoms with Crippen LogP contribution in [0.2, 0.25) is 0 Å². The number of rotatable bonds is 5. The lowest BCUT2D eigenvalue weighted by Crippen LogP contribution is -2.57. The van der Waals surface area contributed by atoms with Gasteiger partial charge in [0.25, 0.3) is 5.89 Å². The number of carbonyl (C=O) groups excluding carboxylic acids is 2. The first-order valence-electron chi connectivity index (χ1n) is 11.0. The summed E-state index contributed by atoms with van der Waals surface area (Å²) < 4.78 is 32.6. The van der Waals surface area contributed by atoms with Crippen molar-refractivity contribution >= 4 is 11.8 Å². The van der Waals surface area contributed by atoms with Crippen molar-refractivity contribution < 1.29 is 22.8 Å². The molecule has 7 nitrogen and oxygen atoms in total. The number of hydrogen-bond donors (Lipinski definition) is 1. The molecule has 0 unspecified atom stereocenters. The van der Waals surface area contributed by atoms with Crippen molar-refractivity contribution in [2.45, 2.75) is 44.2 Å². The third kappa shape index (κ3) is 4.67. The second kappa shape index (κ2) is 9.36. The van der Waals surface area contributed by atoms with Gasteiger partial charge in [-0.05, 0) is 31.4 Å². The number of likely N-dealkylation sites (tertiary alicyclic amines) is 1. The summed E-state index contributed by atoms with van der Waals surface area (Å²) in [6, 6.07) is 3.23. The van der Waals surface area contributed by atoms with Crippen LogP contribution in [0.1, 0.15) is 42.8 Å². The third-order valence-corrected chi connectivity index (χ3v) is 6.46. The van der Waals surface area contributed by atoms with Crippen molar-refractivity contribution in [3.8, 4) is 11.3 Å². The monoisotopic (exact) mass is 446 g/mol. The summed E-state index contributed by atoms with van der Waals surface area (Å²) in [6.07, 6.45) is 6.62. The van der Waals surface area contributed by atoms with Crippen LogP contribution in [0.5, 0.6) is 0 Å². The molecule has 0 bridgehead atoms. The van der Waals surface area contributed by atoms with Gasteiger partial charge in [-0.25, -0.2) is 13.8 Å². The summed E-state index contributed by atoms with van der Waals surface area (Å²) in [5, 5.41) is 2.90. The average Bonchev–Trinajstić information content (AvgIpc) is 3.46. The molecule has 2 heterocycles. The maximum atomic E-state index is 14.0. The molecule has 32 heavy (non-hydrogen) atoms. The van der Waals surface area contributed by atoms with E-state index in [1.54, 1.807) is 19.0 Å². The topological polar surface area (TPSA) is 78.7 Å². The van der Waals surface area contributed by atoms with E-state index >= 15 is 0 Å². The Morgan fingerprint density at radius 1 is 1.19 bits per heavy atom. The molecule has 172 valence electrons. The summed E-state index contributed by atoms with van der Waals surface area (Å²) in [5.74, 6) is -2.66. The lowest BCUT2D eigenvalue weighted by atomic mass is 9.89. The number of nitrogens with zero attached hydrogens (tertiary/aromatic N) is 3. The molecule has 1 aliphatic carbocycles. The van der Waals surface area contributed by atoms with Gasteiger partial charge in [-0.2, -0.15) is 0 Å². The summed E-state index contributed by atoms with van der Waals surface area (Å²) in [6.45, 7) is 1.41. The van der Waals surface area contributed by atoms with Gasteiger partial charge in [0.2, 0.25) is 5.91 Å². The Balaban J connectivity index is 1.47. The van der Waals surface area contributed by atoms with E-state index in [2.05, 4.69) is 15.2 Å². The Hall–Kier alpha value is -2.81. The molecule has 2 aromatic rings. The van der Waals surface area contributed by atoms with Crippen LogP contribution in [0.25, 0.3) is 11.3 Å². The first kappa shape index (κ1) is 22.4. The fourth-order valence-corrected chi connectivity index (χ4v) is 4.76. The summed E-state index contributed by atoms with van der Waals surface area (Å²) in [4.78, 5) is 33.6. The number of carbonyl (C=O) groups is 2. The SMILES string of the molecule is CN(C)C(=O)[C@@H]1CN(C2CCCC2)CC[C@H]1NC(=O)c1ncc(-c2ccc(F)cc2F)o1. The van der Waals surface area contributed by atoms with E-state index in [1.165, 1.54) is 25.1 Å². The fourth-order valence-electron chi connectivity index (χ4n) is 4.76. The molecular formula is C23H28F2N4O3. The third-order valence-electron chi connectivity index (χ3n) is 6.46. The highest BCUT2D eigenvalue weighted by atomic mass is 19.1. The molecule has 1 aromatic carbocycles. The van der Waals surface area contributed by atoms with Crippen LogP contribution < -0.4 is 5.32 Å². The number of hydrogen-bond acceptors (Lipinski definition) is 5. The molecule has 1 N–H and O–H groups in total. The maximum absolute atomic E-state index is 14.0. The Bertz CT molecular complexity index is 987. The minimum Gasteiger partial charge on any atom is -0.432 e. The quantitative estimate of drug-likeness (QED) is 0.764. The molecule has 2 atom stereocenters.